The Labute approximate surface area is 71.3 Å². The Bertz CT molecular complexity index is 223. The molecule has 1 aromatic rings. The van der Waals surface area contributed by atoms with Gasteiger partial charge in [0.1, 0.15) is 10.4 Å². The zero-order valence-corrected chi connectivity index (χ0v) is 7.72. The molecule has 1 rings (SSSR count). The predicted molar refractivity (Wildman–Crippen MR) is 48.6 cm³/mol. The van der Waals surface area contributed by atoms with Gasteiger partial charge in [-0.05, 0) is 31.0 Å². The Morgan fingerprint density at radius 3 is 2.73 bits per heavy atom. The van der Waals surface area contributed by atoms with Crippen molar-refractivity contribution < 1.29 is 0 Å². The fourth-order valence-corrected chi connectivity index (χ4v) is 1.21. The molecule has 0 spiro atoms. The first-order valence-corrected chi connectivity index (χ1v) is 4.28. The maximum atomic E-state index is 3.23. The molecule has 0 aliphatic carbocycles. The summed E-state index contributed by atoms with van der Waals surface area (Å²) >= 11 is 0. The molecule has 0 amide bonds. The van der Waals surface area contributed by atoms with Crippen LogP contribution in [0.25, 0.3) is 0 Å². The van der Waals surface area contributed by atoms with E-state index in [-0.39, 0.29) is 0 Å². The largest absolute Gasteiger partial charge is 0.340 e. The molecule has 0 unspecified atom stereocenters. The molecule has 11 heavy (non-hydrogen) atoms. The quantitative estimate of drug-likeness (QED) is 0.659. The van der Waals surface area contributed by atoms with Crippen molar-refractivity contribution in [3.63, 3.8) is 0 Å². The summed E-state index contributed by atoms with van der Waals surface area (Å²) in [5.74, 6) is 0. The molecule has 2 heteroatoms. The zero-order valence-electron chi connectivity index (χ0n) is 6.72. The second-order valence-corrected chi connectivity index (χ2v) is 2.96. The van der Waals surface area contributed by atoms with E-state index < -0.39 is 0 Å². The lowest BCUT2D eigenvalue weighted by Gasteiger charge is -2.03. The van der Waals surface area contributed by atoms with Crippen molar-refractivity contribution in [2.45, 2.75) is 13.3 Å². The van der Waals surface area contributed by atoms with Crippen LogP contribution in [0.3, 0.4) is 0 Å². The molecule has 0 saturated carbocycles. The van der Waals surface area contributed by atoms with Crippen LogP contribution in [0.5, 0.6) is 0 Å². The van der Waals surface area contributed by atoms with Crippen LogP contribution in [-0.2, 0) is 6.42 Å². The number of rotatable bonds is 3. The summed E-state index contributed by atoms with van der Waals surface area (Å²) in [6.45, 7) is 3.12. The second kappa shape index (κ2) is 4.31. The van der Waals surface area contributed by atoms with Crippen LogP contribution in [0.4, 0.5) is 0 Å². The smallest absolute Gasteiger partial charge is 0.140 e. The SMILES string of the molecule is Cc1ccccc1CCN[Si]. The third-order valence-corrected chi connectivity index (χ3v) is 2.03. The van der Waals surface area contributed by atoms with E-state index in [2.05, 4.69) is 46.6 Å². The molecule has 0 aliphatic rings. The van der Waals surface area contributed by atoms with Gasteiger partial charge in [-0.25, -0.2) is 0 Å². The molecule has 0 aliphatic heterocycles. The Morgan fingerprint density at radius 1 is 1.36 bits per heavy atom. The molecule has 1 aromatic carbocycles. The van der Waals surface area contributed by atoms with E-state index in [0.717, 1.165) is 13.0 Å². The first-order valence-electron chi connectivity index (χ1n) is 3.78. The number of aryl methyl sites for hydroxylation is 1. The van der Waals surface area contributed by atoms with Crippen molar-refractivity contribution in [3.8, 4) is 0 Å². The first kappa shape index (κ1) is 8.49. The van der Waals surface area contributed by atoms with E-state index in [1.54, 1.807) is 0 Å². The van der Waals surface area contributed by atoms with Crippen LogP contribution in [0.1, 0.15) is 11.1 Å². The van der Waals surface area contributed by atoms with E-state index in [9.17, 15) is 0 Å². The van der Waals surface area contributed by atoms with Crippen LogP contribution in [0, 0.1) is 6.92 Å². The van der Waals surface area contributed by atoms with E-state index >= 15 is 0 Å². The topological polar surface area (TPSA) is 12.0 Å². The molecule has 0 saturated heterocycles. The Kier molecular flexibility index (Phi) is 3.33. The van der Waals surface area contributed by atoms with Gasteiger partial charge in [0, 0.05) is 0 Å². The van der Waals surface area contributed by atoms with Crippen LogP contribution in [-0.4, -0.2) is 16.9 Å². The highest BCUT2D eigenvalue weighted by Crippen LogP contribution is 2.06. The van der Waals surface area contributed by atoms with Crippen molar-refractivity contribution in [1.29, 1.82) is 0 Å². The lowest BCUT2D eigenvalue weighted by atomic mass is 10.1. The average molecular weight is 162 g/mol. The van der Waals surface area contributed by atoms with Gasteiger partial charge in [0.05, 0.1) is 0 Å². The molecular weight excluding hydrogens is 150 g/mol. The minimum absolute atomic E-state index is 0.974. The fourth-order valence-electron chi connectivity index (χ4n) is 1.09. The van der Waals surface area contributed by atoms with Gasteiger partial charge >= 0.3 is 0 Å². The van der Waals surface area contributed by atoms with Gasteiger partial charge in [0.25, 0.3) is 0 Å². The van der Waals surface area contributed by atoms with Gasteiger partial charge in [0.15, 0.2) is 0 Å². The third kappa shape index (κ3) is 2.48. The monoisotopic (exact) mass is 162 g/mol. The van der Waals surface area contributed by atoms with Gasteiger partial charge in [-0.3, -0.25) is 0 Å². The molecule has 57 valence electrons. The van der Waals surface area contributed by atoms with Crippen molar-refractivity contribution in [1.82, 2.24) is 4.98 Å². The van der Waals surface area contributed by atoms with E-state index in [4.69, 9.17) is 0 Å². The fraction of sp³-hybridized carbons (Fsp3) is 0.333. The summed E-state index contributed by atoms with van der Waals surface area (Å²) in [7, 11) is 3.23. The number of hydrogen-bond donors (Lipinski definition) is 1. The standard InChI is InChI=1S/C9H12NSi/c1-8-4-2-3-5-9(8)6-7-10-11/h2-5,10H,6-7H2,1H3. The van der Waals surface area contributed by atoms with Crippen molar-refractivity contribution >= 4 is 10.4 Å². The van der Waals surface area contributed by atoms with Crippen molar-refractivity contribution in [2.75, 3.05) is 6.54 Å². The maximum Gasteiger partial charge on any atom is 0.140 e. The summed E-state index contributed by atoms with van der Waals surface area (Å²) < 4.78 is 0. The molecule has 1 N–H and O–H groups in total. The lowest BCUT2D eigenvalue weighted by Crippen LogP contribution is -2.12. The number of hydrogen-bond acceptors (Lipinski definition) is 1. The molecule has 0 atom stereocenters. The Morgan fingerprint density at radius 2 is 2.09 bits per heavy atom. The van der Waals surface area contributed by atoms with Gasteiger partial charge in [0.2, 0.25) is 0 Å². The summed E-state index contributed by atoms with van der Waals surface area (Å²) in [5.41, 5.74) is 2.78. The molecular formula is C9H12NSi. The van der Waals surface area contributed by atoms with Crippen LogP contribution >= 0.6 is 0 Å². The van der Waals surface area contributed by atoms with E-state index in [1.807, 2.05) is 0 Å². The maximum absolute atomic E-state index is 3.23. The average Bonchev–Trinajstić information content (AvgIpc) is 2.03. The lowest BCUT2D eigenvalue weighted by molar-refractivity contribution is 0.891. The van der Waals surface area contributed by atoms with Gasteiger partial charge in [-0.1, -0.05) is 24.3 Å². The van der Waals surface area contributed by atoms with Gasteiger partial charge < -0.3 is 4.98 Å². The molecule has 1 nitrogen and oxygen atoms in total. The van der Waals surface area contributed by atoms with E-state index in [1.165, 1.54) is 11.1 Å². The van der Waals surface area contributed by atoms with Crippen molar-refractivity contribution in [3.05, 3.63) is 35.4 Å². The Hall–Kier alpha value is -0.603. The normalized spacial score (nSPS) is 10.0. The highest BCUT2D eigenvalue weighted by Gasteiger charge is 1.93. The summed E-state index contributed by atoms with van der Waals surface area (Å²) in [4.78, 5) is 2.95. The molecule has 0 fully saturated rings. The van der Waals surface area contributed by atoms with Crippen LogP contribution in [0.2, 0.25) is 0 Å². The van der Waals surface area contributed by atoms with Crippen LogP contribution < -0.4 is 4.98 Å². The molecule has 3 radical (unpaired) electrons. The van der Waals surface area contributed by atoms with Crippen LogP contribution in [0.15, 0.2) is 24.3 Å². The highest BCUT2D eigenvalue weighted by atomic mass is 28.2. The minimum Gasteiger partial charge on any atom is -0.340 e. The third-order valence-electron chi connectivity index (χ3n) is 1.78. The number of nitrogens with one attached hydrogen (secondary N) is 1. The predicted octanol–water partition coefficient (Wildman–Crippen LogP) is 1.21. The van der Waals surface area contributed by atoms with Gasteiger partial charge in [-0.15, -0.1) is 0 Å². The minimum atomic E-state index is 0.974. The zero-order chi connectivity index (χ0) is 8.10. The highest BCUT2D eigenvalue weighted by molar-refractivity contribution is 6.04. The summed E-state index contributed by atoms with van der Waals surface area (Å²) in [5, 5.41) is 0. The number of benzene rings is 1. The van der Waals surface area contributed by atoms with Gasteiger partial charge in [-0.2, -0.15) is 0 Å². The molecule has 0 heterocycles. The summed E-state index contributed by atoms with van der Waals surface area (Å²) in [6.07, 6.45) is 1.08. The second-order valence-electron chi connectivity index (χ2n) is 2.60. The molecule has 0 aromatic heterocycles. The summed E-state index contributed by atoms with van der Waals surface area (Å²) in [6, 6.07) is 8.46. The Balaban J connectivity index is 2.62. The van der Waals surface area contributed by atoms with E-state index in [0.29, 0.717) is 0 Å². The first-order chi connectivity index (χ1) is 5.34. The molecule has 0 bridgehead atoms. The van der Waals surface area contributed by atoms with Crippen molar-refractivity contribution in [2.24, 2.45) is 0 Å².